The number of thiazole rings is 1. The van der Waals surface area contributed by atoms with Gasteiger partial charge in [-0.25, -0.2) is 9.98 Å². The van der Waals surface area contributed by atoms with E-state index in [2.05, 4.69) is 20.3 Å². The molecule has 2 aliphatic rings. The van der Waals surface area contributed by atoms with Crippen molar-refractivity contribution in [2.45, 2.75) is 44.4 Å². The van der Waals surface area contributed by atoms with Gasteiger partial charge in [-0.2, -0.15) is 0 Å². The maximum Gasteiger partial charge on any atom is 0.242 e. The van der Waals surface area contributed by atoms with E-state index in [1.54, 1.807) is 0 Å². The van der Waals surface area contributed by atoms with E-state index in [0.717, 1.165) is 10.2 Å². The molecule has 0 bridgehead atoms. The molecule has 2 heterocycles. The highest BCUT2D eigenvalue weighted by atomic mass is 32.1. The molecule has 1 amide bonds. The third-order valence-electron chi connectivity index (χ3n) is 5.33. The first-order chi connectivity index (χ1) is 13.0. The van der Waals surface area contributed by atoms with Crippen molar-refractivity contribution < 1.29 is 15.0 Å². The Morgan fingerprint density at radius 2 is 2.04 bits per heavy atom. The second kappa shape index (κ2) is 7.10. The number of aromatic nitrogens is 1. The van der Waals surface area contributed by atoms with Gasteiger partial charge in [-0.1, -0.05) is 26.0 Å². The third kappa shape index (κ3) is 3.28. The number of para-hydroxylation sites is 1. The summed E-state index contributed by atoms with van der Waals surface area (Å²) in [6.45, 7) is 4.04. The van der Waals surface area contributed by atoms with Crippen LogP contribution in [0.25, 0.3) is 10.2 Å². The molecule has 27 heavy (non-hydrogen) atoms. The molecule has 0 spiro atoms. The first kappa shape index (κ1) is 18.2. The Balaban J connectivity index is 1.69. The number of hydrogen-bond donors (Lipinski definition) is 3. The van der Waals surface area contributed by atoms with Crippen molar-refractivity contribution >= 4 is 39.6 Å². The van der Waals surface area contributed by atoms with Gasteiger partial charge >= 0.3 is 0 Å². The minimum atomic E-state index is -0.957. The van der Waals surface area contributed by atoms with Crippen LogP contribution in [-0.2, 0) is 4.79 Å². The van der Waals surface area contributed by atoms with Gasteiger partial charge in [0.2, 0.25) is 5.91 Å². The van der Waals surface area contributed by atoms with Crippen molar-refractivity contribution in [3.8, 4) is 0 Å². The predicted molar refractivity (Wildman–Crippen MR) is 105 cm³/mol. The number of amidine groups is 1. The third-order valence-corrected chi connectivity index (χ3v) is 6.43. The molecular formula is C19H22N4O3S. The second-order valence-corrected chi connectivity index (χ2v) is 8.46. The van der Waals surface area contributed by atoms with Gasteiger partial charge in [-0.15, -0.1) is 11.3 Å². The maximum absolute atomic E-state index is 12.5. The Bertz CT molecular complexity index is 890. The van der Waals surface area contributed by atoms with Crippen molar-refractivity contribution in [1.29, 1.82) is 0 Å². The topological polar surface area (TPSA) is 107 Å². The maximum atomic E-state index is 12.5. The van der Waals surface area contributed by atoms with Crippen molar-refractivity contribution in [3.05, 3.63) is 29.3 Å². The van der Waals surface area contributed by atoms with Gasteiger partial charge in [0.05, 0.1) is 28.7 Å². The van der Waals surface area contributed by atoms with Gasteiger partial charge in [0.25, 0.3) is 0 Å². The highest BCUT2D eigenvalue weighted by molar-refractivity contribution is 7.18. The van der Waals surface area contributed by atoms with Crippen LogP contribution in [0.4, 0.5) is 0 Å². The van der Waals surface area contributed by atoms with Crippen molar-refractivity contribution in [1.82, 2.24) is 10.3 Å². The average molecular weight is 386 g/mol. The van der Waals surface area contributed by atoms with Crippen LogP contribution in [0.1, 0.15) is 31.2 Å². The number of carbonyl (C=O) groups is 1. The number of aliphatic hydroxyl groups excluding tert-OH is 2. The fourth-order valence-electron chi connectivity index (χ4n) is 3.79. The number of fused-ring (bicyclic) bond motifs is 1. The Hall–Kier alpha value is -2.16. The lowest BCUT2D eigenvalue weighted by Gasteiger charge is -2.20. The molecule has 1 aliphatic heterocycles. The van der Waals surface area contributed by atoms with Crippen LogP contribution >= 0.6 is 11.3 Å². The quantitative estimate of drug-likeness (QED) is 0.746. The lowest BCUT2D eigenvalue weighted by molar-refractivity contribution is -0.119. The van der Waals surface area contributed by atoms with Gasteiger partial charge < -0.3 is 15.5 Å². The van der Waals surface area contributed by atoms with Crippen LogP contribution in [0, 0.1) is 11.8 Å². The van der Waals surface area contributed by atoms with E-state index in [-0.39, 0.29) is 17.7 Å². The fraction of sp³-hybridized carbons (Fsp3) is 0.474. The minimum absolute atomic E-state index is 0.0309. The molecule has 1 aliphatic carbocycles. The molecular weight excluding hydrogens is 364 g/mol. The van der Waals surface area contributed by atoms with E-state index in [4.69, 9.17) is 0 Å². The molecule has 7 nitrogen and oxygen atoms in total. The van der Waals surface area contributed by atoms with E-state index in [1.165, 1.54) is 17.7 Å². The number of amides is 1. The molecule has 2 aromatic rings. The van der Waals surface area contributed by atoms with Crippen molar-refractivity contribution in [3.63, 3.8) is 0 Å². The standard InChI is InChI=1S/C19H22N4O3S/c1-9(2)10-7-12(16(25)15(10)24)22-17-14(18(26)21-8-20-17)19-23-11-5-3-4-6-13(11)27-19/h3-6,8-10,12,14-16,24-25H,7H2,1-2H3,(H,20,21,22,26)/t10-,12-,14?,15-,16+/m1/s1. The molecule has 0 saturated heterocycles. The van der Waals surface area contributed by atoms with Gasteiger partial charge in [0.15, 0.2) is 0 Å². The van der Waals surface area contributed by atoms with Gasteiger partial charge in [-0.05, 0) is 30.4 Å². The van der Waals surface area contributed by atoms with E-state index < -0.39 is 24.2 Å². The highest BCUT2D eigenvalue weighted by Crippen LogP contribution is 2.36. The summed E-state index contributed by atoms with van der Waals surface area (Å²) in [5.74, 6) is -0.417. The number of nitrogens with zero attached hydrogens (tertiary/aromatic N) is 3. The Kier molecular flexibility index (Phi) is 4.79. The van der Waals surface area contributed by atoms with Crippen LogP contribution < -0.4 is 5.32 Å². The lowest BCUT2D eigenvalue weighted by Crippen LogP contribution is -2.38. The summed E-state index contributed by atoms with van der Waals surface area (Å²) < 4.78 is 0.991. The number of carbonyl (C=O) groups excluding carboxylic acids is 1. The Morgan fingerprint density at radius 3 is 2.74 bits per heavy atom. The molecule has 1 aromatic carbocycles. The average Bonchev–Trinajstić information content (AvgIpc) is 3.18. The summed E-state index contributed by atoms with van der Waals surface area (Å²) in [7, 11) is 0. The number of nitrogens with one attached hydrogen (secondary N) is 1. The fourth-order valence-corrected chi connectivity index (χ4v) is 4.85. The van der Waals surface area contributed by atoms with Crippen LogP contribution in [0.2, 0.25) is 0 Å². The number of hydrogen-bond acceptors (Lipinski definition) is 6. The largest absolute Gasteiger partial charge is 0.390 e. The molecule has 1 saturated carbocycles. The molecule has 8 heteroatoms. The van der Waals surface area contributed by atoms with Gasteiger partial charge in [0.1, 0.15) is 22.9 Å². The Labute approximate surface area is 160 Å². The van der Waals surface area contributed by atoms with E-state index in [0.29, 0.717) is 17.3 Å². The van der Waals surface area contributed by atoms with Crippen LogP contribution in [0.3, 0.4) is 0 Å². The van der Waals surface area contributed by atoms with Crippen molar-refractivity contribution in [2.75, 3.05) is 0 Å². The normalized spacial score (nSPS) is 32.6. The first-order valence-corrected chi connectivity index (χ1v) is 9.89. The number of aliphatic hydroxyl groups is 2. The molecule has 3 N–H and O–H groups in total. The van der Waals surface area contributed by atoms with Crippen LogP contribution in [0.5, 0.6) is 0 Å². The molecule has 1 fully saturated rings. The molecule has 5 atom stereocenters. The smallest absolute Gasteiger partial charge is 0.242 e. The number of benzene rings is 1. The molecule has 0 radical (unpaired) electrons. The van der Waals surface area contributed by atoms with Gasteiger partial charge in [-0.3, -0.25) is 9.79 Å². The zero-order valence-corrected chi connectivity index (χ0v) is 15.9. The first-order valence-electron chi connectivity index (χ1n) is 9.08. The Morgan fingerprint density at radius 1 is 1.26 bits per heavy atom. The summed E-state index contributed by atoms with van der Waals surface area (Å²) in [5, 5.41) is 24.0. The van der Waals surface area contributed by atoms with Crippen LogP contribution in [-0.4, -0.2) is 51.5 Å². The SMILES string of the molecule is CC(C)[C@H]1C[C@@H](N=C2N=CNC(=O)C2c2nc3ccccc3s2)[C@H](O)[C@@H]1O. The zero-order valence-electron chi connectivity index (χ0n) is 15.1. The summed E-state index contributed by atoms with van der Waals surface area (Å²) in [6, 6.07) is 7.22. The lowest BCUT2D eigenvalue weighted by atomic mass is 9.92. The predicted octanol–water partition coefficient (Wildman–Crippen LogP) is 1.70. The monoisotopic (exact) mass is 386 g/mol. The molecule has 4 rings (SSSR count). The van der Waals surface area contributed by atoms with Gasteiger partial charge in [0, 0.05) is 0 Å². The van der Waals surface area contributed by atoms with E-state index in [9.17, 15) is 15.0 Å². The summed E-state index contributed by atoms with van der Waals surface area (Å²) in [5.41, 5.74) is 0.829. The van der Waals surface area contributed by atoms with E-state index in [1.807, 2.05) is 38.1 Å². The summed E-state index contributed by atoms with van der Waals surface area (Å²) in [6.07, 6.45) is 0.110. The number of rotatable bonds is 3. The van der Waals surface area contributed by atoms with Crippen molar-refractivity contribution in [2.24, 2.45) is 21.8 Å². The molecule has 1 aromatic heterocycles. The second-order valence-electron chi connectivity index (χ2n) is 7.40. The highest BCUT2D eigenvalue weighted by Gasteiger charge is 2.43. The summed E-state index contributed by atoms with van der Waals surface area (Å²) >= 11 is 1.44. The van der Waals surface area contributed by atoms with Crippen LogP contribution in [0.15, 0.2) is 34.3 Å². The molecule has 1 unspecified atom stereocenters. The number of aliphatic imine (C=N–C) groups is 2. The zero-order chi connectivity index (χ0) is 19.1. The minimum Gasteiger partial charge on any atom is -0.390 e. The summed E-state index contributed by atoms with van der Waals surface area (Å²) in [4.78, 5) is 26.0. The van der Waals surface area contributed by atoms with E-state index >= 15 is 0 Å². The molecule has 142 valence electrons.